The maximum absolute atomic E-state index is 12.4. The zero-order valence-electron chi connectivity index (χ0n) is 14.4. The van der Waals surface area contributed by atoms with Gasteiger partial charge >= 0.3 is 12.0 Å². The Balaban J connectivity index is 1.19. The number of esters is 1. The van der Waals surface area contributed by atoms with E-state index in [1.807, 2.05) is 42.6 Å². The van der Waals surface area contributed by atoms with Crippen LogP contribution in [-0.2, 0) is 29.2 Å². The lowest BCUT2D eigenvalue weighted by Crippen LogP contribution is -2.50. The van der Waals surface area contributed by atoms with Crippen molar-refractivity contribution in [2.24, 2.45) is 5.92 Å². The number of rotatable bonds is 4. The number of benzene rings is 1. The van der Waals surface area contributed by atoms with Gasteiger partial charge in [0.15, 0.2) is 0 Å². The molecule has 0 bridgehead atoms. The van der Waals surface area contributed by atoms with Gasteiger partial charge in [-0.25, -0.2) is 4.79 Å². The summed E-state index contributed by atoms with van der Waals surface area (Å²) in [5.74, 6) is -0.303. The van der Waals surface area contributed by atoms with Crippen molar-refractivity contribution in [2.45, 2.75) is 38.6 Å². The first-order valence-electron chi connectivity index (χ1n) is 8.87. The molecule has 2 aliphatic rings. The van der Waals surface area contributed by atoms with E-state index in [1.54, 1.807) is 11.1 Å². The standard InChI is InChI=1S/C20H21N3O3/c24-19(26-13-14-4-2-1-3-5-14)16-8-18(9-16)22-20(25)23-11-15-6-7-21-10-17(15)12-23/h1-7,10,16,18H,8-9,11-13H2,(H,22,25). The van der Waals surface area contributed by atoms with E-state index in [2.05, 4.69) is 10.3 Å². The number of pyridine rings is 1. The fourth-order valence-electron chi connectivity index (χ4n) is 3.40. The predicted octanol–water partition coefficient (Wildman–Crippen LogP) is 2.63. The van der Waals surface area contributed by atoms with Crippen LogP contribution in [0.15, 0.2) is 48.8 Å². The summed E-state index contributed by atoms with van der Waals surface area (Å²) in [6.45, 7) is 1.50. The fourth-order valence-corrected chi connectivity index (χ4v) is 3.40. The van der Waals surface area contributed by atoms with Gasteiger partial charge in [-0.15, -0.1) is 0 Å². The molecule has 0 atom stereocenters. The molecule has 2 amide bonds. The maximum atomic E-state index is 12.4. The van der Waals surface area contributed by atoms with Crippen molar-refractivity contribution in [3.05, 3.63) is 65.5 Å². The number of nitrogens with zero attached hydrogens (tertiary/aromatic N) is 2. The van der Waals surface area contributed by atoms with Gasteiger partial charge < -0.3 is 15.0 Å². The zero-order valence-corrected chi connectivity index (χ0v) is 14.4. The highest BCUT2D eigenvalue weighted by molar-refractivity contribution is 5.77. The molecule has 1 saturated carbocycles. The number of urea groups is 1. The Morgan fingerprint density at radius 1 is 1.12 bits per heavy atom. The van der Waals surface area contributed by atoms with Gasteiger partial charge in [-0.1, -0.05) is 30.3 Å². The molecule has 0 unspecified atom stereocenters. The van der Waals surface area contributed by atoms with Crippen LogP contribution in [-0.4, -0.2) is 27.9 Å². The lowest BCUT2D eigenvalue weighted by molar-refractivity contribution is -0.153. The summed E-state index contributed by atoms with van der Waals surface area (Å²) in [5.41, 5.74) is 3.22. The van der Waals surface area contributed by atoms with Gasteiger partial charge in [-0.3, -0.25) is 9.78 Å². The highest BCUT2D eigenvalue weighted by Gasteiger charge is 2.37. The summed E-state index contributed by atoms with van der Waals surface area (Å²) in [7, 11) is 0. The molecule has 134 valence electrons. The first-order chi connectivity index (χ1) is 12.7. The molecular weight excluding hydrogens is 330 g/mol. The third-order valence-electron chi connectivity index (χ3n) is 5.04. The van der Waals surface area contributed by atoms with E-state index in [9.17, 15) is 9.59 Å². The molecule has 1 N–H and O–H groups in total. The van der Waals surface area contributed by atoms with E-state index in [0.717, 1.165) is 16.7 Å². The second-order valence-electron chi connectivity index (χ2n) is 6.91. The third-order valence-corrected chi connectivity index (χ3v) is 5.04. The minimum atomic E-state index is -0.181. The van der Waals surface area contributed by atoms with Crippen LogP contribution in [0.25, 0.3) is 0 Å². The first kappa shape index (κ1) is 16.6. The molecule has 0 spiro atoms. The average molecular weight is 351 g/mol. The van der Waals surface area contributed by atoms with Crippen LogP contribution in [0, 0.1) is 5.92 Å². The van der Waals surface area contributed by atoms with E-state index in [1.165, 1.54) is 0 Å². The van der Waals surface area contributed by atoms with Crippen molar-refractivity contribution in [3.63, 3.8) is 0 Å². The Bertz CT molecular complexity index is 778. The number of carbonyl (C=O) groups is 2. The highest BCUT2D eigenvalue weighted by Crippen LogP contribution is 2.30. The van der Waals surface area contributed by atoms with Gasteiger partial charge in [-0.2, -0.15) is 0 Å². The van der Waals surface area contributed by atoms with Crippen LogP contribution < -0.4 is 5.32 Å². The number of carbonyl (C=O) groups excluding carboxylic acids is 2. The summed E-state index contributed by atoms with van der Waals surface area (Å²) in [4.78, 5) is 30.3. The second kappa shape index (κ2) is 7.15. The minimum absolute atomic E-state index is 0.0404. The Morgan fingerprint density at radius 3 is 2.65 bits per heavy atom. The van der Waals surface area contributed by atoms with Crippen molar-refractivity contribution in [2.75, 3.05) is 0 Å². The van der Waals surface area contributed by atoms with E-state index in [4.69, 9.17) is 4.74 Å². The summed E-state index contributed by atoms with van der Waals surface area (Å²) >= 11 is 0. The van der Waals surface area contributed by atoms with Crippen LogP contribution >= 0.6 is 0 Å². The topological polar surface area (TPSA) is 71.5 Å². The molecule has 1 aromatic carbocycles. The molecule has 4 rings (SSSR count). The molecule has 0 saturated heterocycles. The molecule has 1 fully saturated rings. The Kier molecular flexibility index (Phi) is 4.56. The Hall–Kier alpha value is -2.89. The van der Waals surface area contributed by atoms with Crippen molar-refractivity contribution in [3.8, 4) is 0 Å². The van der Waals surface area contributed by atoms with Crippen molar-refractivity contribution >= 4 is 12.0 Å². The number of hydrogen-bond donors (Lipinski definition) is 1. The van der Waals surface area contributed by atoms with Crippen LogP contribution in [0.4, 0.5) is 4.79 Å². The fraction of sp³-hybridized carbons (Fsp3) is 0.350. The lowest BCUT2D eigenvalue weighted by atomic mass is 9.80. The molecule has 0 radical (unpaired) electrons. The molecular formula is C20H21N3O3. The van der Waals surface area contributed by atoms with Gasteiger partial charge in [0.25, 0.3) is 0 Å². The van der Waals surface area contributed by atoms with Crippen molar-refractivity contribution in [1.29, 1.82) is 0 Å². The highest BCUT2D eigenvalue weighted by atomic mass is 16.5. The summed E-state index contributed by atoms with van der Waals surface area (Å²) in [5, 5.41) is 3.01. The van der Waals surface area contributed by atoms with E-state index >= 15 is 0 Å². The van der Waals surface area contributed by atoms with Gasteiger partial charge in [0.2, 0.25) is 0 Å². The van der Waals surface area contributed by atoms with Crippen molar-refractivity contribution in [1.82, 2.24) is 15.2 Å². The van der Waals surface area contributed by atoms with Gasteiger partial charge in [-0.05, 0) is 35.6 Å². The molecule has 1 aromatic heterocycles. The number of hydrogen-bond acceptors (Lipinski definition) is 4. The monoisotopic (exact) mass is 351 g/mol. The second-order valence-corrected chi connectivity index (χ2v) is 6.91. The number of ether oxygens (including phenoxy) is 1. The van der Waals surface area contributed by atoms with Gasteiger partial charge in [0.1, 0.15) is 6.61 Å². The van der Waals surface area contributed by atoms with Crippen molar-refractivity contribution < 1.29 is 14.3 Å². The predicted molar refractivity (Wildman–Crippen MR) is 94.8 cm³/mol. The smallest absolute Gasteiger partial charge is 0.318 e. The quantitative estimate of drug-likeness (QED) is 0.860. The summed E-state index contributed by atoms with van der Waals surface area (Å²) in [6.07, 6.45) is 4.84. The van der Waals surface area contributed by atoms with Crippen LogP contribution in [0.2, 0.25) is 0 Å². The third kappa shape index (κ3) is 3.54. The average Bonchev–Trinajstić information content (AvgIpc) is 3.07. The Labute approximate surface area is 152 Å². The molecule has 2 heterocycles. The molecule has 1 aliphatic carbocycles. The van der Waals surface area contributed by atoms with E-state index in [-0.39, 0.29) is 24.0 Å². The summed E-state index contributed by atoms with van der Waals surface area (Å²) in [6, 6.07) is 11.5. The zero-order chi connectivity index (χ0) is 17.9. The maximum Gasteiger partial charge on any atom is 0.318 e. The first-order valence-corrected chi connectivity index (χ1v) is 8.87. The lowest BCUT2D eigenvalue weighted by Gasteiger charge is -2.35. The summed E-state index contributed by atoms with van der Waals surface area (Å²) < 4.78 is 5.36. The number of aromatic nitrogens is 1. The Morgan fingerprint density at radius 2 is 1.88 bits per heavy atom. The largest absolute Gasteiger partial charge is 0.461 e. The molecule has 26 heavy (non-hydrogen) atoms. The van der Waals surface area contributed by atoms with Crippen LogP contribution in [0.3, 0.4) is 0 Å². The molecule has 2 aromatic rings. The number of amides is 2. The van der Waals surface area contributed by atoms with Gasteiger partial charge in [0, 0.05) is 31.5 Å². The normalized spacial score (nSPS) is 20.8. The number of nitrogens with one attached hydrogen (secondary N) is 1. The van der Waals surface area contributed by atoms with Crippen LogP contribution in [0.1, 0.15) is 29.5 Å². The van der Waals surface area contributed by atoms with Crippen LogP contribution in [0.5, 0.6) is 0 Å². The number of fused-ring (bicyclic) bond motifs is 1. The van der Waals surface area contributed by atoms with E-state index in [0.29, 0.717) is 32.5 Å². The molecule has 1 aliphatic heterocycles. The molecule has 6 heteroatoms. The molecule has 6 nitrogen and oxygen atoms in total. The van der Waals surface area contributed by atoms with E-state index < -0.39 is 0 Å². The minimum Gasteiger partial charge on any atom is -0.461 e. The SMILES string of the molecule is O=C(OCc1ccccc1)C1CC(NC(=O)N2Cc3ccncc3C2)C1. The van der Waals surface area contributed by atoms with Gasteiger partial charge in [0.05, 0.1) is 5.92 Å².